The van der Waals surface area contributed by atoms with Crippen molar-refractivity contribution in [2.24, 2.45) is 5.92 Å². The molecule has 178 valence electrons. The van der Waals surface area contributed by atoms with Crippen LogP contribution in [0, 0.1) is 5.92 Å². The molecule has 0 spiro atoms. The van der Waals surface area contributed by atoms with Crippen LogP contribution in [-0.4, -0.2) is 43.6 Å². The molecule has 3 aromatic rings. The van der Waals surface area contributed by atoms with E-state index in [1.54, 1.807) is 44.6 Å². The summed E-state index contributed by atoms with van der Waals surface area (Å²) in [5.74, 6) is 2.11. The van der Waals surface area contributed by atoms with Gasteiger partial charge in [-0.15, -0.1) is 0 Å². The second-order valence-electron chi connectivity index (χ2n) is 8.50. The van der Waals surface area contributed by atoms with Crippen LogP contribution in [0.15, 0.2) is 51.9 Å². The molecule has 1 aromatic heterocycles. The van der Waals surface area contributed by atoms with Gasteiger partial charge in [0.25, 0.3) is 0 Å². The number of sulfonamides is 1. The molecule has 0 amide bonds. The first-order chi connectivity index (χ1) is 15.6. The van der Waals surface area contributed by atoms with Gasteiger partial charge >= 0.3 is 0 Å². The van der Waals surface area contributed by atoms with E-state index in [1.807, 2.05) is 26.0 Å². The average Bonchev–Trinajstić information content (AvgIpc) is 3.26. The number of rotatable bonds is 10. The molecular weight excluding hydrogens is 442 g/mol. The number of nitrogens with zero attached hydrogens (tertiary/aromatic N) is 3. The van der Waals surface area contributed by atoms with Crippen LogP contribution in [0.2, 0.25) is 0 Å². The van der Waals surface area contributed by atoms with Crippen molar-refractivity contribution in [3.63, 3.8) is 0 Å². The predicted octanol–water partition coefficient (Wildman–Crippen LogP) is 4.72. The lowest BCUT2D eigenvalue weighted by atomic mass is 10.0. The van der Waals surface area contributed by atoms with Crippen LogP contribution in [0.5, 0.6) is 11.5 Å². The quantitative estimate of drug-likeness (QED) is 0.420. The maximum atomic E-state index is 13.4. The number of ether oxygens (including phenoxy) is 2. The maximum absolute atomic E-state index is 13.4. The second-order valence-corrected chi connectivity index (χ2v) is 10.4. The van der Waals surface area contributed by atoms with Gasteiger partial charge in [-0.1, -0.05) is 45.0 Å². The van der Waals surface area contributed by atoms with E-state index >= 15 is 0 Å². The first-order valence-electron chi connectivity index (χ1n) is 10.8. The highest BCUT2D eigenvalue weighted by molar-refractivity contribution is 7.89. The Morgan fingerprint density at radius 3 is 2.21 bits per heavy atom. The summed E-state index contributed by atoms with van der Waals surface area (Å²) in [6.07, 6.45) is 0. The van der Waals surface area contributed by atoms with E-state index in [0.717, 1.165) is 5.56 Å². The van der Waals surface area contributed by atoms with Gasteiger partial charge in [-0.25, -0.2) is 8.42 Å². The number of methoxy groups -OCH3 is 2. The van der Waals surface area contributed by atoms with E-state index in [9.17, 15) is 8.42 Å². The van der Waals surface area contributed by atoms with Crippen LogP contribution >= 0.6 is 0 Å². The Balaban J connectivity index is 1.88. The van der Waals surface area contributed by atoms with Gasteiger partial charge in [0, 0.05) is 12.1 Å². The fourth-order valence-corrected chi connectivity index (χ4v) is 4.94. The fourth-order valence-electron chi connectivity index (χ4n) is 3.39. The minimum Gasteiger partial charge on any atom is -0.493 e. The van der Waals surface area contributed by atoms with Crippen LogP contribution in [0.4, 0.5) is 0 Å². The summed E-state index contributed by atoms with van der Waals surface area (Å²) in [7, 11) is -0.636. The number of hydrogen-bond acceptors (Lipinski definition) is 7. The molecule has 0 unspecified atom stereocenters. The van der Waals surface area contributed by atoms with Gasteiger partial charge in [0.1, 0.15) is 0 Å². The highest BCUT2D eigenvalue weighted by atomic mass is 32.2. The van der Waals surface area contributed by atoms with Crippen LogP contribution in [-0.2, 0) is 16.6 Å². The Labute approximate surface area is 195 Å². The molecule has 1 heterocycles. The zero-order valence-electron chi connectivity index (χ0n) is 19.9. The maximum Gasteiger partial charge on any atom is 0.243 e. The van der Waals surface area contributed by atoms with Crippen molar-refractivity contribution in [2.75, 3.05) is 20.8 Å². The lowest BCUT2D eigenvalue weighted by Gasteiger charge is -2.22. The first kappa shape index (κ1) is 24.7. The van der Waals surface area contributed by atoms with Crippen molar-refractivity contribution in [1.29, 1.82) is 0 Å². The van der Waals surface area contributed by atoms with E-state index < -0.39 is 10.0 Å². The van der Waals surface area contributed by atoms with E-state index in [4.69, 9.17) is 14.0 Å². The van der Waals surface area contributed by atoms with Gasteiger partial charge in [0.05, 0.1) is 25.7 Å². The standard InChI is InChI=1S/C24H31N3O5S/c1-16(2)14-27(33(28,29)20-10-7-18(8-11-20)17(3)4)15-23-25-24(26-32-23)19-9-12-21(30-5)22(13-19)31-6/h7-13,16-17H,14-15H2,1-6H3. The van der Waals surface area contributed by atoms with Crippen molar-refractivity contribution in [3.05, 3.63) is 53.9 Å². The molecule has 3 rings (SSSR count). The Hall–Kier alpha value is -2.91. The van der Waals surface area contributed by atoms with Crippen molar-refractivity contribution in [3.8, 4) is 22.9 Å². The fraction of sp³-hybridized carbons (Fsp3) is 0.417. The van der Waals surface area contributed by atoms with E-state index in [0.29, 0.717) is 35.3 Å². The smallest absolute Gasteiger partial charge is 0.243 e. The summed E-state index contributed by atoms with van der Waals surface area (Å²) in [4.78, 5) is 4.67. The van der Waals surface area contributed by atoms with Crippen molar-refractivity contribution >= 4 is 10.0 Å². The van der Waals surface area contributed by atoms with E-state index in [2.05, 4.69) is 24.0 Å². The normalized spacial score (nSPS) is 12.0. The SMILES string of the molecule is COc1ccc(-c2noc(CN(CC(C)C)S(=O)(=O)c3ccc(C(C)C)cc3)n2)cc1OC. The largest absolute Gasteiger partial charge is 0.493 e. The molecule has 0 saturated carbocycles. The highest BCUT2D eigenvalue weighted by Crippen LogP contribution is 2.31. The summed E-state index contributed by atoms with van der Waals surface area (Å²) in [6.45, 7) is 8.37. The molecule has 0 N–H and O–H groups in total. The van der Waals surface area contributed by atoms with Crippen LogP contribution < -0.4 is 9.47 Å². The van der Waals surface area contributed by atoms with E-state index in [1.165, 1.54) is 4.31 Å². The molecule has 2 aromatic carbocycles. The summed E-state index contributed by atoms with van der Waals surface area (Å²) in [6, 6.07) is 12.3. The van der Waals surface area contributed by atoms with E-state index in [-0.39, 0.29) is 23.2 Å². The van der Waals surface area contributed by atoms with Crippen LogP contribution in [0.3, 0.4) is 0 Å². The number of aromatic nitrogens is 2. The molecule has 33 heavy (non-hydrogen) atoms. The van der Waals surface area contributed by atoms with Crippen molar-refractivity contribution in [2.45, 2.75) is 45.1 Å². The molecule has 9 heteroatoms. The van der Waals surface area contributed by atoms with Gasteiger partial charge in [-0.2, -0.15) is 9.29 Å². The zero-order valence-corrected chi connectivity index (χ0v) is 20.7. The van der Waals surface area contributed by atoms with Gasteiger partial charge in [0.15, 0.2) is 11.5 Å². The van der Waals surface area contributed by atoms with Gasteiger partial charge < -0.3 is 14.0 Å². The lowest BCUT2D eigenvalue weighted by Crippen LogP contribution is -2.34. The Morgan fingerprint density at radius 1 is 0.970 bits per heavy atom. The van der Waals surface area contributed by atoms with Crippen molar-refractivity contribution in [1.82, 2.24) is 14.4 Å². The monoisotopic (exact) mass is 473 g/mol. The van der Waals surface area contributed by atoms with Gasteiger partial charge in [-0.05, 0) is 47.7 Å². The second kappa shape index (κ2) is 10.4. The number of benzene rings is 2. The Bertz CT molecular complexity index is 1170. The molecule has 0 aliphatic rings. The topological polar surface area (TPSA) is 94.8 Å². The third-order valence-electron chi connectivity index (χ3n) is 5.17. The average molecular weight is 474 g/mol. The van der Waals surface area contributed by atoms with Crippen LogP contribution in [0.25, 0.3) is 11.4 Å². The van der Waals surface area contributed by atoms with Gasteiger partial charge in [0.2, 0.25) is 21.7 Å². The molecule has 0 atom stereocenters. The minimum atomic E-state index is -3.74. The Morgan fingerprint density at radius 2 is 1.64 bits per heavy atom. The third-order valence-corrected chi connectivity index (χ3v) is 7.00. The molecular formula is C24H31N3O5S. The predicted molar refractivity (Wildman–Crippen MR) is 126 cm³/mol. The molecule has 0 fully saturated rings. The summed E-state index contributed by atoms with van der Waals surface area (Å²) >= 11 is 0. The molecule has 0 aliphatic carbocycles. The van der Waals surface area contributed by atoms with Gasteiger partial charge in [-0.3, -0.25) is 0 Å². The zero-order chi connectivity index (χ0) is 24.2. The van der Waals surface area contributed by atoms with Crippen molar-refractivity contribution < 1.29 is 22.4 Å². The molecule has 8 nitrogen and oxygen atoms in total. The first-order valence-corrected chi connectivity index (χ1v) is 12.2. The molecule has 0 aliphatic heterocycles. The van der Waals surface area contributed by atoms with Crippen LogP contribution in [0.1, 0.15) is 45.1 Å². The molecule has 0 radical (unpaired) electrons. The summed E-state index contributed by atoms with van der Waals surface area (Å²) in [5, 5.41) is 4.03. The molecule has 0 bridgehead atoms. The summed E-state index contributed by atoms with van der Waals surface area (Å²) < 4.78 is 44.2. The number of hydrogen-bond donors (Lipinski definition) is 0. The highest BCUT2D eigenvalue weighted by Gasteiger charge is 2.27. The molecule has 0 saturated heterocycles. The lowest BCUT2D eigenvalue weighted by molar-refractivity contribution is 0.298. The Kier molecular flexibility index (Phi) is 7.76. The summed E-state index contributed by atoms with van der Waals surface area (Å²) in [5.41, 5.74) is 1.76. The minimum absolute atomic E-state index is 0.0211. The third kappa shape index (κ3) is 5.72.